The molecule has 0 aliphatic heterocycles. The minimum Gasteiger partial charge on any atom is -0.508 e. The SMILES string of the molecule is O=P(Cl)(Cl)Cl.Oc1ccc(O)cc1. The molecule has 0 aliphatic carbocycles. The van der Waals surface area contributed by atoms with Crippen LogP contribution in [-0.2, 0) is 4.57 Å². The third-order valence-electron chi connectivity index (χ3n) is 0.850. The molecule has 3 nitrogen and oxygen atoms in total. The lowest BCUT2D eigenvalue weighted by atomic mass is 10.3. The van der Waals surface area contributed by atoms with Gasteiger partial charge in [0, 0.05) is 0 Å². The number of benzene rings is 1. The fourth-order valence-electron chi connectivity index (χ4n) is 0.453. The van der Waals surface area contributed by atoms with Crippen LogP contribution in [0.2, 0.25) is 0 Å². The lowest BCUT2D eigenvalue weighted by Gasteiger charge is -1.88. The number of halogens is 3. The standard InChI is InChI=1S/C6H6O2.Cl3OP/c7-5-1-2-6(8)4-3-5;1-5(2,3)4/h1-4,7-8H;. The Balaban J connectivity index is 0.000000252. The van der Waals surface area contributed by atoms with E-state index >= 15 is 0 Å². The topological polar surface area (TPSA) is 57.5 Å². The highest BCUT2D eigenvalue weighted by molar-refractivity contribution is 8.24. The van der Waals surface area contributed by atoms with Gasteiger partial charge in [-0.25, -0.2) is 0 Å². The van der Waals surface area contributed by atoms with Gasteiger partial charge in [0.1, 0.15) is 11.5 Å². The van der Waals surface area contributed by atoms with E-state index in [1.54, 1.807) is 0 Å². The van der Waals surface area contributed by atoms with E-state index in [2.05, 4.69) is 33.7 Å². The van der Waals surface area contributed by atoms with Crippen molar-refractivity contribution in [3.63, 3.8) is 0 Å². The summed E-state index contributed by atoms with van der Waals surface area (Å²) in [6.45, 7) is 0. The van der Waals surface area contributed by atoms with Crippen LogP contribution < -0.4 is 0 Å². The highest BCUT2D eigenvalue weighted by atomic mass is 36.0. The van der Waals surface area contributed by atoms with Crippen LogP contribution in [0.1, 0.15) is 0 Å². The molecule has 7 heteroatoms. The number of hydrogen-bond donors (Lipinski definition) is 2. The highest BCUT2D eigenvalue weighted by Gasteiger charge is 2.02. The third kappa shape index (κ3) is 11.9. The molecule has 1 rings (SSSR count). The smallest absolute Gasteiger partial charge is 0.339 e. The monoisotopic (exact) mass is 262 g/mol. The van der Waals surface area contributed by atoms with Crippen LogP contribution in [0.3, 0.4) is 0 Å². The van der Waals surface area contributed by atoms with Crippen LogP contribution in [0.4, 0.5) is 0 Å². The van der Waals surface area contributed by atoms with Crippen LogP contribution in [0.15, 0.2) is 24.3 Å². The first-order valence-electron chi connectivity index (χ1n) is 2.96. The summed E-state index contributed by atoms with van der Waals surface area (Å²) in [4.78, 5) is 0. The average molecular weight is 263 g/mol. The molecule has 0 aliphatic rings. The summed E-state index contributed by atoms with van der Waals surface area (Å²) < 4.78 is 9.51. The second-order valence-electron chi connectivity index (χ2n) is 1.92. The molecule has 0 fully saturated rings. The summed E-state index contributed by atoms with van der Waals surface area (Å²) in [5, 5.41) is 14.1. The van der Waals surface area contributed by atoms with Crippen molar-refractivity contribution in [2.45, 2.75) is 0 Å². The first-order chi connectivity index (χ1) is 5.79. The number of hydrogen-bond acceptors (Lipinski definition) is 3. The molecule has 0 saturated heterocycles. The van der Waals surface area contributed by atoms with Crippen LogP contribution in [-0.4, -0.2) is 10.2 Å². The fraction of sp³-hybridized carbons (Fsp3) is 0. The van der Waals surface area contributed by atoms with Gasteiger partial charge in [-0.1, -0.05) is 0 Å². The molecular formula is C6H6Cl3O3P. The van der Waals surface area contributed by atoms with Crippen molar-refractivity contribution in [3.8, 4) is 11.5 Å². The number of aromatic hydroxyl groups is 2. The second-order valence-corrected chi connectivity index (χ2v) is 8.55. The lowest BCUT2D eigenvalue weighted by molar-refractivity contribution is 0.460. The zero-order chi connectivity index (χ0) is 10.5. The van der Waals surface area contributed by atoms with Gasteiger partial charge in [-0.3, -0.25) is 4.57 Å². The van der Waals surface area contributed by atoms with E-state index in [-0.39, 0.29) is 11.5 Å². The van der Waals surface area contributed by atoms with Crippen LogP contribution in [0.5, 0.6) is 11.5 Å². The van der Waals surface area contributed by atoms with Gasteiger partial charge in [0.2, 0.25) is 0 Å². The minimum absolute atomic E-state index is 0.169. The Bertz CT molecular complexity index is 265. The van der Waals surface area contributed by atoms with E-state index in [1.165, 1.54) is 24.3 Å². The molecule has 0 atom stereocenters. The van der Waals surface area contributed by atoms with Crippen molar-refractivity contribution in [2.75, 3.05) is 0 Å². The Morgan fingerprint density at radius 2 is 1.08 bits per heavy atom. The molecule has 1 aromatic rings. The van der Waals surface area contributed by atoms with E-state index in [1.807, 2.05) is 0 Å². The van der Waals surface area contributed by atoms with Crippen molar-refractivity contribution in [2.24, 2.45) is 0 Å². The minimum atomic E-state index is -3.22. The van der Waals surface area contributed by atoms with Crippen molar-refractivity contribution in [1.82, 2.24) is 0 Å². The molecular weight excluding hydrogens is 257 g/mol. The molecule has 0 saturated carbocycles. The molecule has 1 aromatic carbocycles. The van der Waals surface area contributed by atoms with Crippen LogP contribution in [0, 0.1) is 0 Å². The van der Waals surface area contributed by atoms with Crippen LogP contribution >= 0.6 is 38.9 Å². The Morgan fingerprint density at radius 3 is 1.23 bits per heavy atom. The molecule has 0 spiro atoms. The summed E-state index contributed by atoms with van der Waals surface area (Å²) in [5.74, 6) is 0.339. The average Bonchev–Trinajstić information content (AvgIpc) is 1.92. The quantitative estimate of drug-likeness (QED) is 0.551. The van der Waals surface area contributed by atoms with E-state index in [0.29, 0.717) is 0 Å². The molecule has 0 amide bonds. The molecule has 0 heterocycles. The van der Waals surface area contributed by atoms with Gasteiger partial charge < -0.3 is 10.2 Å². The third-order valence-corrected chi connectivity index (χ3v) is 0.850. The Kier molecular flexibility index (Phi) is 5.57. The van der Waals surface area contributed by atoms with E-state index in [9.17, 15) is 4.57 Å². The van der Waals surface area contributed by atoms with Crippen molar-refractivity contribution in [3.05, 3.63) is 24.3 Å². The fourth-order valence-corrected chi connectivity index (χ4v) is 0.453. The van der Waals surface area contributed by atoms with Crippen molar-refractivity contribution < 1.29 is 14.8 Å². The molecule has 0 bridgehead atoms. The predicted octanol–water partition coefficient (Wildman–Crippen LogP) is 3.91. The van der Waals surface area contributed by atoms with Gasteiger partial charge in [-0.15, -0.1) is 0 Å². The Morgan fingerprint density at radius 1 is 0.923 bits per heavy atom. The first kappa shape index (κ1) is 12.9. The maximum atomic E-state index is 9.51. The highest BCUT2D eigenvalue weighted by Crippen LogP contribution is 2.61. The normalized spacial score (nSPS) is 10.1. The molecule has 0 radical (unpaired) electrons. The van der Waals surface area contributed by atoms with Gasteiger partial charge in [-0.05, 0) is 58.0 Å². The Labute approximate surface area is 89.6 Å². The van der Waals surface area contributed by atoms with Gasteiger partial charge in [0.15, 0.2) is 0 Å². The lowest BCUT2D eigenvalue weighted by Crippen LogP contribution is -1.61. The van der Waals surface area contributed by atoms with Gasteiger partial charge in [-0.2, -0.15) is 0 Å². The van der Waals surface area contributed by atoms with Crippen LogP contribution in [0.25, 0.3) is 0 Å². The summed E-state index contributed by atoms with van der Waals surface area (Å²) in [5.41, 5.74) is 0. The zero-order valence-corrected chi connectivity index (χ0v) is 9.36. The predicted molar refractivity (Wildman–Crippen MR) is 54.9 cm³/mol. The van der Waals surface area contributed by atoms with E-state index in [4.69, 9.17) is 10.2 Å². The summed E-state index contributed by atoms with van der Waals surface area (Å²) in [6, 6.07) is 5.70. The summed E-state index contributed by atoms with van der Waals surface area (Å²) in [6.07, 6.45) is 0. The summed E-state index contributed by atoms with van der Waals surface area (Å²) in [7, 11) is 0. The molecule has 74 valence electrons. The number of phenols is 2. The van der Waals surface area contributed by atoms with E-state index < -0.39 is 5.20 Å². The maximum Gasteiger partial charge on any atom is 0.339 e. The van der Waals surface area contributed by atoms with Crippen molar-refractivity contribution in [1.29, 1.82) is 0 Å². The first-order valence-corrected chi connectivity index (χ1v) is 7.38. The maximum absolute atomic E-state index is 9.51. The number of rotatable bonds is 0. The summed E-state index contributed by atoms with van der Waals surface area (Å²) >= 11 is 13.8. The number of phenolic OH excluding ortho intramolecular Hbond substituents is 2. The molecule has 13 heavy (non-hydrogen) atoms. The van der Waals surface area contributed by atoms with E-state index in [0.717, 1.165) is 0 Å². The van der Waals surface area contributed by atoms with Gasteiger partial charge in [0.25, 0.3) is 0 Å². The van der Waals surface area contributed by atoms with Crippen molar-refractivity contribution >= 4 is 38.9 Å². The van der Waals surface area contributed by atoms with Gasteiger partial charge in [0.05, 0.1) is 0 Å². The molecule has 2 N–H and O–H groups in total. The largest absolute Gasteiger partial charge is 0.508 e. The Hall–Kier alpha value is -0.0800. The van der Waals surface area contributed by atoms with Gasteiger partial charge >= 0.3 is 5.20 Å². The second kappa shape index (κ2) is 5.61. The zero-order valence-electron chi connectivity index (χ0n) is 6.19. The molecule has 0 unspecified atom stereocenters. The molecule has 0 aromatic heterocycles.